The van der Waals surface area contributed by atoms with E-state index in [4.69, 9.17) is 4.74 Å². The average Bonchev–Trinajstić information content (AvgIpc) is 2.72. The van der Waals surface area contributed by atoms with Crippen molar-refractivity contribution in [2.75, 3.05) is 24.4 Å². The predicted octanol–water partition coefficient (Wildman–Crippen LogP) is 4.20. The van der Waals surface area contributed by atoms with Gasteiger partial charge in [0.1, 0.15) is 11.6 Å². The topological polar surface area (TPSA) is 62.6 Å². The van der Waals surface area contributed by atoms with Crippen LogP contribution in [-0.4, -0.2) is 30.8 Å². The summed E-state index contributed by atoms with van der Waals surface area (Å²) in [6, 6.07) is 15.8. The first-order valence-electron chi connectivity index (χ1n) is 8.19. The highest BCUT2D eigenvalue weighted by molar-refractivity contribution is 5.75. The number of benzene rings is 2. The third-order valence-electron chi connectivity index (χ3n) is 4.01. The highest BCUT2D eigenvalue weighted by Gasteiger charge is 2.11. The van der Waals surface area contributed by atoms with Gasteiger partial charge in [0.25, 0.3) is 0 Å². The molecule has 3 rings (SSSR count). The molecule has 0 saturated carbocycles. The van der Waals surface area contributed by atoms with Crippen molar-refractivity contribution >= 4 is 29.7 Å². The number of aliphatic imine (C=N–C) groups is 1. The fourth-order valence-corrected chi connectivity index (χ4v) is 2.54. The van der Waals surface area contributed by atoms with E-state index in [0.29, 0.717) is 12.4 Å². The molecule has 26 heavy (non-hydrogen) atoms. The summed E-state index contributed by atoms with van der Waals surface area (Å²) in [7, 11) is 3.54. The minimum absolute atomic E-state index is 0.702. The Labute approximate surface area is 153 Å². The number of methoxy groups -OCH3 is 1. The molecule has 0 unspecified atom stereocenters. The van der Waals surface area contributed by atoms with Crippen LogP contribution in [-0.2, 0) is 6.54 Å². The van der Waals surface area contributed by atoms with Gasteiger partial charge >= 0.3 is 0 Å². The minimum Gasteiger partial charge on any atom is -0.497 e. The lowest BCUT2D eigenvalue weighted by atomic mass is 10.2. The van der Waals surface area contributed by atoms with Crippen LogP contribution in [0.4, 0.5) is 23.0 Å². The molecule has 3 aromatic rings. The van der Waals surface area contributed by atoms with E-state index in [9.17, 15) is 0 Å². The molecule has 0 spiro atoms. The van der Waals surface area contributed by atoms with Gasteiger partial charge in [-0.15, -0.1) is 0 Å². The van der Waals surface area contributed by atoms with Gasteiger partial charge in [0, 0.05) is 19.7 Å². The normalized spacial score (nSPS) is 10.2. The standard InChI is InChI=1S/C20H21N5O/c1-21-17-11-16(26-3)9-10-18(17)25(2)20-14-23-19(13-24-20)22-12-15-7-5-4-6-8-15/h4-11,13-14H,1,12H2,2-3H3,(H,22,23). The van der Waals surface area contributed by atoms with Gasteiger partial charge < -0.3 is 15.0 Å². The van der Waals surface area contributed by atoms with E-state index in [1.165, 1.54) is 5.56 Å². The molecule has 132 valence electrons. The zero-order chi connectivity index (χ0) is 18.4. The van der Waals surface area contributed by atoms with Gasteiger partial charge in [0.2, 0.25) is 0 Å². The van der Waals surface area contributed by atoms with Crippen molar-refractivity contribution in [2.45, 2.75) is 6.54 Å². The van der Waals surface area contributed by atoms with Crippen LogP contribution < -0.4 is 15.0 Å². The average molecular weight is 347 g/mol. The maximum Gasteiger partial charge on any atom is 0.151 e. The third kappa shape index (κ3) is 3.97. The number of hydrogen-bond donors (Lipinski definition) is 1. The molecule has 6 nitrogen and oxygen atoms in total. The molecular formula is C20H21N5O. The molecule has 0 aliphatic rings. The fraction of sp³-hybridized carbons (Fsp3) is 0.150. The Morgan fingerprint density at radius 1 is 1.12 bits per heavy atom. The largest absolute Gasteiger partial charge is 0.497 e. The van der Waals surface area contributed by atoms with Crippen molar-refractivity contribution in [3.05, 3.63) is 66.5 Å². The lowest BCUT2D eigenvalue weighted by Gasteiger charge is -2.20. The molecule has 1 N–H and O–H groups in total. The summed E-state index contributed by atoms with van der Waals surface area (Å²) in [6.07, 6.45) is 3.45. The second-order valence-electron chi connectivity index (χ2n) is 5.67. The van der Waals surface area contributed by atoms with E-state index in [1.54, 1.807) is 19.5 Å². The van der Waals surface area contributed by atoms with Gasteiger partial charge in [0.05, 0.1) is 30.9 Å². The van der Waals surface area contributed by atoms with E-state index in [0.717, 1.165) is 22.9 Å². The number of rotatable bonds is 7. The van der Waals surface area contributed by atoms with Crippen molar-refractivity contribution in [3.8, 4) is 5.75 Å². The number of nitrogens with zero attached hydrogens (tertiary/aromatic N) is 4. The quantitative estimate of drug-likeness (QED) is 0.649. The predicted molar refractivity (Wildman–Crippen MR) is 106 cm³/mol. The summed E-state index contributed by atoms with van der Waals surface area (Å²) in [5.41, 5.74) is 2.79. The highest BCUT2D eigenvalue weighted by atomic mass is 16.5. The maximum atomic E-state index is 5.23. The Kier molecular flexibility index (Phi) is 5.43. The van der Waals surface area contributed by atoms with Crippen LogP contribution >= 0.6 is 0 Å². The van der Waals surface area contributed by atoms with Gasteiger partial charge in [0.15, 0.2) is 5.82 Å². The van der Waals surface area contributed by atoms with Crippen LogP contribution in [0.15, 0.2) is 65.9 Å². The van der Waals surface area contributed by atoms with Crippen LogP contribution in [0.3, 0.4) is 0 Å². The number of aromatic nitrogens is 2. The summed E-state index contributed by atoms with van der Waals surface area (Å²) < 4.78 is 5.23. The highest BCUT2D eigenvalue weighted by Crippen LogP contribution is 2.34. The van der Waals surface area contributed by atoms with Crippen molar-refractivity contribution in [2.24, 2.45) is 4.99 Å². The SMILES string of the molecule is C=Nc1cc(OC)ccc1N(C)c1cnc(NCc2ccccc2)cn1. The van der Waals surface area contributed by atoms with E-state index in [-0.39, 0.29) is 0 Å². The smallest absolute Gasteiger partial charge is 0.151 e. The molecule has 2 aromatic carbocycles. The molecule has 0 aliphatic carbocycles. The minimum atomic E-state index is 0.702. The molecule has 1 heterocycles. The Bertz CT molecular complexity index is 865. The first-order valence-corrected chi connectivity index (χ1v) is 8.19. The summed E-state index contributed by atoms with van der Waals surface area (Å²) in [6.45, 7) is 4.33. The first-order chi connectivity index (χ1) is 12.7. The van der Waals surface area contributed by atoms with Crippen LogP contribution in [0.25, 0.3) is 0 Å². The second kappa shape index (κ2) is 8.11. The van der Waals surface area contributed by atoms with E-state index in [1.807, 2.05) is 48.3 Å². The van der Waals surface area contributed by atoms with E-state index in [2.05, 4.69) is 39.1 Å². The second-order valence-corrected chi connectivity index (χ2v) is 5.67. The zero-order valence-corrected chi connectivity index (χ0v) is 14.9. The molecular weight excluding hydrogens is 326 g/mol. The summed E-state index contributed by atoms with van der Waals surface area (Å²) >= 11 is 0. The Morgan fingerprint density at radius 2 is 1.92 bits per heavy atom. The molecule has 0 saturated heterocycles. The molecule has 0 atom stereocenters. The Morgan fingerprint density at radius 3 is 2.58 bits per heavy atom. The third-order valence-corrected chi connectivity index (χ3v) is 4.01. The van der Waals surface area contributed by atoms with Crippen LogP contribution in [0.2, 0.25) is 0 Å². The molecule has 0 aliphatic heterocycles. The fourth-order valence-electron chi connectivity index (χ4n) is 2.54. The Balaban J connectivity index is 1.72. The summed E-state index contributed by atoms with van der Waals surface area (Å²) in [5, 5.41) is 3.27. The van der Waals surface area contributed by atoms with Gasteiger partial charge in [-0.2, -0.15) is 0 Å². The molecule has 0 bridgehead atoms. The first kappa shape index (κ1) is 17.4. The van der Waals surface area contributed by atoms with Gasteiger partial charge in [-0.25, -0.2) is 9.97 Å². The van der Waals surface area contributed by atoms with Crippen molar-refractivity contribution in [1.29, 1.82) is 0 Å². The monoisotopic (exact) mass is 347 g/mol. The Hall–Kier alpha value is -3.41. The van der Waals surface area contributed by atoms with E-state index < -0.39 is 0 Å². The van der Waals surface area contributed by atoms with Gasteiger partial charge in [-0.3, -0.25) is 4.99 Å². The lowest BCUT2D eigenvalue weighted by Crippen LogP contribution is -2.12. The van der Waals surface area contributed by atoms with Crippen LogP contribution in [0.5, 0.6) is 5.75 Å². The van der Waals surface area contributed by atoms with Gasteiger partial charge in [-0.1, -0.05) is 30.3 Å². The van der Waals surface area contributed by atoms with Crippen molar-refractivity contribution < 1.29 is 4.74 Å². The molecule has 0 amide bonds. The van der Waals surface area contributed by atoms with Crippen LogP contribution in [0.1, 0.15) is 5.56 Å². The van der Waals surface area contributed by atoms with Crippen molar-refractivity contribution in [1.82, 2.24) is 9.97 Å². The number of hydrogen-bond acceptors (Lipinski definition) is 6. The van der Waals surface area contributed by atoms with Crippen molar-refractivity contribution in [3.63, 3.8) is 0 Å². The molecule has 0 radical (unpaired) electrons. The van der Waals surface area contributed by atoms with Gasteiger partial charge in [-0.05, 0) is 24.4 Å². The molecule has 0 fully saturated rings. The lowest BCUT2D eigenvalue weighted by molar-refractivity contribution is 0.415. The number of anilines is 3. The van der Waals surface area contributed by atoms with E-state index >= 15 is 0 Å². The zero-order valence-electron chi connectivity index (χ0n) is 14.9. The number of ether oxygens (including phenoxy) is 1. The summed E-state index contributed by atoms with van der Waals surface area (Å²) in [5.74, 6) is 2.17. The molecule has 6 heteroatoms. The summed E-state index contributed by atoms with van der Waals surface area (Å²) in [4.78, 5) is 14.9. The molecule has 1 aromatic heterocycles. The van der Waals surface area contributed by atoms with Crippen LogP contribution in [0, 0.1) is 0 Å². The maximum absolute atomic E-state index is 5.23. The number of nitrogens with one attached hydrogen (secondary N) is 1.